The van der Waals surface area contributed by atoms with Gasteiger partial charge in [-0.3, -0.25) is 4.79 Å². The van der Waals surface area contributed by atoms with Crippen LogP contribution in [0.1, 0.15) is 29.2 Å². The van der Waals surface area contributed by atoms with Crippen LogP contribution in [-0.4, -0.2) is 29.9 Å². The van der Waals surface area contributed by atoms with Crippen LogP contribution in [0.4, 0.5) is 10.1 Å². The molecule has 0 bridgehead atoms. The second-order valence-electron chi connectivity index (χ2n) is 7.14. The van der Waals surface area contributed by atoms with Gasteiger partial charge < -0.3 is 9.88 Å². The maximum Gasteiger partial charge on any atom is 0.285 e. The summed E-state index contributed by atoms with van der Waals surface area (Å²) in [5, 5.41) is 3.75. The Morgan fingerprint density at radius 1 is 1.19 bits per heavy atom. The number of aromatic nitrogens is 2. The highest BCUT2D eigenvalue weighted by molar-refractivity contribution is 7.90. The van der Waals surface area contributed by atoms with Crippen molar-refractivity contribution in [1.29, 1.82) is 0 Å². The first kappa shape index (κ1) is 21.6. The lowest BCUT2D eigenvalue weighted by atomic mass is 10.3. The molecule has 1 aliphatic carbocycles. The molecule has 0 unspecified atom stereocenters. The second kappa shape index (κ2) is 8.14. The van der Waals surface area contributed by atoms with Crippen molar-refractivity contribution < 1.29 is 17.6 Å². The molecular weight excluding hydrogens is 466 g/mol. The Balaban J connectivity index is 1.63. The van der Waals surface area contributed by atoms with Crippen molar-refractivity contribution in [1.82, 2.24) is 14.3 Å². The highest BCUT2D eigenvalue weighted by atomic mass is 35.5. The van der Waals surface area contributed by atoms with Crippen molar-refractivity contribution >= 4 is 44.8 Å². The summed E-state index contributed by atoms with van der Waals surface area (Å²) < 4.78 is 43.5. The first-order chi connectivity index (χ1) is 14.6. The number of imidazole rings is 1. The van der Waals surface area contributed by atoms with Gasteiger partial charge in [0, 0.05) is 28.0 Å². The molecule has 1 aliphatic rings. The third-order valence-corrected chi connectivity index (χ3v) is 6.48. The lowest BCUT2D eigenvalue weighted by Gasteiger charge is -2.13. The average molecular weight is 483 g/mol. The third-order valence-electron chi connectivity index (χ3n) is 4.64. The van der Waals surface area contributed by atoms with Crippen LogP contribution in [0.25, 0.3) is 5.69 Å². The first-order valence-electron chi connectivity index (χ1n) is 9.29. The van der Waals surface area contributed by atoms with Crippen molar-refractivity contribution in [2.24, 2.45) is 0 Å². The topological polar surface area (TPSA) is 93.1 Å². The maximum atomic E-state index is 14.4. The summed E-state index contributed by atoms with van der Waals surface area (Å²) >= 11 is 12.1. The molecule has 4 rings (SSSR count). The zero-order valence-corrected chi connectivity index (χ0v) is 18.5. The van der Waals surface area contributed by atoms with Crippen LogP contribution >= 0.6 is 23.2 Å². The van der Waals surface area contributed by atoms with E-state index in [1.807, 2.05) is 4.72 Å². The van der Waals surface area contributed by atoms with Gasteiger partial charge in [0.25, 0.3) is 15.9 Å². The minimum Gasteiger partial charge on any atom is -0.381 e. The predicted molar refractivity (Wildman–Crippen MR) is 116 cm³/mol. The summed E-state index contributed by atoms with van der Waals surface area (Å²) in [5.74, 6) is -1.54. The summed E-state index contributed by atoms with van der Waals surface area (Å²) in [5.41, 5.74) is 0.498. The van der Waals surface area contributed by atoms with Gasteiger partial charge in [0.15, 0.2) is 0 Å². The van der Waals surface area contributed by atoms with E-state index in [1.54, 1.807) is 29.7 Å². The number of halogens is 3. The Bertz CT molecular complexity index is 1270. The van der Waals surface area contributed by atoms with Gasteiger partial charge in [-0.1, -0.05) is 29.3 Å². The molecule has 1 saturated carbocycles. The van der Waals surface area contributed by atoms with Crippen LogP contribution in [0.15, 0.2) is 47.5 Å². The van der Waals surface area contributed by atoms with E-state index in [-0.39, 0.29) is 17.4 Å². The first-order valence-corrected chi connectivity index (χ1v) is 11.5. The molecule has 0 radical (unpaired) electrons. The number of amides is 1. The molecule has 0 saturated heterocycles. The van der Waals surface area contributed by atoms with Crippen LogP contribution in [0.3, 0.4) is 0 Å². The lowest BCUT2D eigenvalue weighted by molar-refractivity contribution is 0.0977. The van der Waals surface area contributed by atoms with Crippen molar-refractivity contribution in [3.63, 3.8) is 0 Å². The maximum absolute atomic E-state index is 14.4. The number of benzene rings is 2. The van der Waals surface area contributed by atoms with Crippen LogP contribution in [0.2, 0.25) is 10.0 Å². The molecule has 1 aromatic heterocycles. The Kier molecular flexibility index (Phi) is 5.67. The molecule has 1 amide bonds. The van der Waals surface area contributed by atoms with E-state index < -0.39 is 26.6 Å². The minimum atomic E-state index is -4.50. The summed E-state index contributed by atoms with van der Waals surface area (Å²) in [6.45, 7) is 1.63. The van der Waals surface area contributed by atoms with Crippen molar-refractivity contribution in [3.8, 4) is 5.69 Å². The number of nitrogens with one attached hydrogen (secondary N) is 2. The molecule has 0 spiro atoms. The summed E-state index contributed by atoms with van der Waals surface area (Å²) in [6, 6.07) is 8.78. The molecule has 2 N–H and O–H groups in total. The fourth-order valence-electron chi connectivity index (χ4n) is 3.09. The van der Waals surface area contributed by atoms with E-state index in [0.29, 0.717) is 21.6 Å². The summed E-state index contributed by atoms with van der Waals surface area (Å²) in [6.07, 6.45) is 3.09. The third kappa shape index (κ3) is 4.68. The molecule has 31 heavy (non-hydrogen) atoms. The van der Waals surface area contributed by atoms with Crippen LogP contribution in [0.5, 0.6) is 0 Å². The number of hydrogen-bond donors (Lipinski definition) is 2. The molecule has 3 aromatic rings. The lowest BCUT2D eigenvalue weighted by Crippen LogP contribution is -2.32. The Morgan fingerprint density at radius 2 is 1.87 bits per heavy atom. The van der Waals surface area contributed by atoms with E-state index in [1.165, 1.54) is 18.3 Å². The zero-order chi connectivity index (χ0) is 22.3. The van der Waals surface area contributed by atoms with Crippen molar-refractivity contribution in [3.05, 3.63) is 70.0 Å². The van der Waals surface area contributed by atoms with E-state index in [4.69, 9.17) is 23.2 Å². The monoisotopic (exact) mass is 482 g/mol. The minimum absolute atomic E-state index is 0.0920. The van der Waals surface area contributed by atoms with Gasteiger partial charge in [-0.25, -0.2) is 22.5 Å². The number of rotatable bonds is 6. The molecule has 7 nitrogen and oxygen atoms in total. The Morgan fingerprint density at radius 3 is 2.52 bits per heavy atom. The highest BCUT2D eigenvalue weighted by Crippen LogP contribution is 2.30. The van der Waals surface area contributed by atoms with Crippen molar-refractivity contribution in [2.75, 3.05) is 5.32 Å². The standard InChI is InChI=1S/C20H17Cl2FN4O3S/c1-11-24-18(10-27(11)15-8-12(21)7-13(22)9-15)20(28)26-31(29,30)19-16(23)3-2-4-17(19)25-14-5-6-14/h2-4,7-10,14,25H,5-6H2,1H3,(H,26,28). The van der Waals surface area contributed by atoms with Gasteiger partial charge in [-0.05, 0) is 50.1 Å². The number of carbonyl (C=O) groups excluding carboxylic acids is 1. The number of hydrogen-bond acceptors (Lipinski definition) is 5. The largest absolute Gasteiger partial charge is 0.381 e. The molecule has 0 atom stereocenters. The molecule has 11 heteroatoms. The zero-order valence-electron chi connectivity index (χ0n) is 16.2. The Hall–Kier alpha value is -2.62. The smallest absolute Gasteiger partial charge is 0.285 e. The van der Waals surface area contributed by atoms with E-state index >= 15 is 0 Å². The number of sulfonamides is 1. The van der Waals surface area contributed by atoms with E-state index in [0.717, 1.165) is 18.9 Å². The van der Waals surface area contributed by atoms with E-state index in [9.17, 15) is 17.6 Å². The SMILES string of the molecule is Cc1nc(C(=O)NS(=O)(=O)c2c(F)cccc2NC2CC2)cn1-c1cc(Cl)cc(Cl)c1. The predicted octanol–water partition coefficient (Wildman–Crippen LogP) is 4.32. The van der Waals surface area contributed by atoms with E-state index in [2.05, 4.69) is 10.3 Å². The number of aryl methyl sites for hydroxylation is 1. The number of anilines is 1. The molecule has 1 fully saturated rings. The number of carbonyl (C=O) groups is 1. The molecule has 162 valence electrons. The van der Waals surface area contributed by atoms with Gasteiger partial charge in [0.1, 0.15) is 22.2 Å². The fourth-order valence-corrected chi connectivity index (χ4v) is 4.80. The van der Waals surface area contributed by atoms with Crippen LogP contribution < -0.4 is 10.0 Å². The van der Waals surface area contributed by atoms with Gasteiger partial charge in [0.2, 0.25) is 0 Å². The fraction of sp³-hybridized carbons (Fsp3) is 0.200. The normalized spacial score (nSPS) is 13.8. The summed E-state index contributed by atoms with van der Waals surface area (Å²) in [4.78, 5) is 16.2. The van der Waals surface area contributed by atoms with Gasteiger partial charge >= 0.3 is 0 Å². The van der Waals surface area contributed by atoms with Crippen LogP contribution in [-0.2, 0) is 10.0 Å². The molecular formula is C20H17Cl2FN4O3S. The van der Waals surface area contributed by atoms with Gasteiger partial charge in [0.05, 0.1) is 5.69 Å². The second-order valence-corrected chi connectivity index (χ2v) is 9.63. The van der Waals surface area contributed by atoms with Gasteiger partial charge in [-0.15, -0.1) is 0 Å². The van der Waals surface area contributed by atoms with Crippen LogP contribution in [0, 0.1) is 12.7 Å². The van der Waals surface area contributed by atoms with Crippen molar-refractivity contribution in [2.45, 2.75) is 30.7 Å². The number of nitrogens with zero attached hydrogens (tertiary/aromatic N) is 2. The highest BCUT2D eigenvalue weighted by Gasteiger charge is 2.30. The Labute approximate surface area is 188 Å². The molecule has 0 aliphatic heterocycles. The average Bonchev–Trinajstić information content (AvgIpc) is 3.38. The molecule has 2 aromatic carbocycles. The molecule has 1 heterocycles. The quantitative estimate of drug-likeness (QED) is 0.545. The summed E-state index contributed by atoms with van der Waals surface area (Å²) in [7, 11) is -4.50. The van der Waals surface area contributed by atoms with Gasteiger partial charge in [-0.2, -0.15) is 0 Å².